The van der Waals surface area contributed by atoms with Crippen LogP contribution < -0.4 is 5.56 Å². The standard InChI is InChI=1S/C17H11Cl2N5O2S/c1-8-11(6-20)15(25)24(2)16(26)12(8)7-21-17-23-22-14(27-17)10-4-3-9(18)5-13(10)19/h3-5,7,26H,1-2H3/b21-7+. The minimum absolute atomic E-state index is 0.0531. The maximum absolute atomic E-state index is 12.0. The highest BCUT2D eigenvalue weighted by Gasteiger charge is 2.16. The van der Waals surface area contributed by atoms with Gasteiger partial charge in [0.15, 0.2) is 5.01 Å². The molecule has 2 heterocycles. The highest BCUT2D eigenvalue weighted by atomic mass is 35.5. The molecule has 0 atom stereocenters. The Hall–Kier alpha value is -2.73. The van der Waals surface area contributed by atoms with E-state index in [0.717, 1.165) is 4.57 Å². The van der Waals surface area contributed by atoms with Crippen molar-refractivity contribution in [3.05, 3.63) is 55.3 Å². The number of nitrogens with zero attached hydrogens (tertiary/aromatic N) is 5. The van der Waals surface area contributed by atoms with Crippen molar-refractivity contribution in [3.8, 4) is 22.5 Å². The predicted molar refractivity (Wildman–Crippen MR) is 105 cm³/mol. The van der Waals surface area contributed by atoms with Crippen LogP contribution in [-0.2, 0) is 7.05 Å². The lowest BCUT2D eigenvalue weighted by atomic mass is 10.1. The summed E-state index contributed by atoms with van der Waals surface area (Å²) in [5, 5.41) is 29.2. The summed E-state index contributed by atoms with van der Waals surface area (Å²) in [4.78, 5) is 16.2. The first kappa shape index (κ1) is 19.0. The highest BCUT2D eigenvalue weighted by Crippen LogP contribution is 2.34. The number of halogens is 2. The number of aliphatic imine (C=N–C) groups is 1. The van der Waals surface area contributed by atoms with Crippen molar-refractivity contribution in [3.63, 3.8) is 0 Å². The third-order valence-corrected chi connectivity index (χ3v) is 5.26. The fourth-order valence-electron chi connectivity index (χ4n) is 2.35. The largest absolute Gasteiger partial charge is 0.494 e. The zero-order valence-corrected chi connectivity index (χ0v) is 16.4. The van der Waals surface area contributed by atoms with Gasteiger partial charge in [-0.25, -0.2) is 4.99 Å². The minimum atomic E-state index is -0.569. The van der Waals surface area contributed by atoms with Crippen LogP contribution in [0.25, 0.3) is 10.6 Å². The third-order valence-electron chi connectivity index (χ3n) is 3.85. The molecule has 0 saturated carbocycles. The fraction of sp³-hybridized carbons (Fsp3) is 0.118. The molecule has 0 aliphatic carbocycles. The molecule has 0 spiro atoms. The molecule has 0 radical (unpaired) electrons. The number of rotatable bonds is 3. The molecule has 136 valence electrons. The summed E-state index contributed by atoms with van der Waals surface area (Å²) in [5.74, 6) is -0.286. The topological polar surface area (TPSA) is 104 Å². The van der Waals surface area contributed by atoms with Gasteiger partial charge in [0, 0.05) is 23.8 Å². The Kier molecular flexibility index (Phi) is 5.28. The van der Waals surface area contributed by atoms with E-state index in [0.29, 0.717) is 31.3 Å². The summed E-state index contributed by atoms with van der Waals surface area (Å²) < 4.78 is 0.992. The number of pyridine rings is 1. The molecule has 1 N–H and O–H groups in total. The predicted octanol–water partition coefficient (Wildman–Crippen LogP) is 3.85. The first-order valence-electron chi connectivity index (χ1n) is 7.49. The van der Waals surface area contributed by atoms with Gasteiger partial charge in [0.25, 0.3) is 5.56 Å². The number of hydrogen-bond donors (Lipinski definition) is 1. The first-order chi connectivity index (χ1) is 12.8. The van der Waals surface area contributed by atoms with Crippen LogP contribution in [0.2, 0.25) is 10.0 Å². The molecule has 3 aromatic rings. The number of aromatic nitrogens is 3. The first-order valence-corrected chi connectivity index (χ1v) is 9.06. The number of aromatic hydroxyl groups is 1. The van der Waals surface area contributed by atoms with Gasteiger partial charge in [0.05, 0.1) is 10.6 Å². The molecule has 0 aliphatic rings. The van der Waals surface area contributed by atoms with Crippen LogP contribution in [-0.4, -0.2) is 26.1 Å². The van der Waals surface area contributed by atoms with Gasteiger partial charge in [0.1, 0.15) is 11.6 Å². The molecule has 0 unspecified atom stereocenters. The molecule has 3 rings (SSSR count). The summed E-state index contributed by atoms with van der Waals surface area (Å²) in [6, 6.07) is 6.89. The van der Waals surface area contributed by atoms with Crippen LogP contribution in [0.4, 0.5) is 5.13 Å². The van der Waals surface area contributed by atoms with Crippen LogP contribution in [0, 0.1) is 18.3 Å². The number of hydrogen-bond acceptors (Lipinski definition) is 7. The molecular formula is C17H11Cl2N5O2S. The normalized spacial score (nSPS) is 11.1. The quantitative estimate of drug-likeness (QED) is 0.649. The lowest BCUT2D eigenvalue weighted by molar-refractivity contribution is 0.421. The van der Waals surface area contributed by atoms with Gasteiger partial charge >= 0.3 is 0 Å². The zero-order valence-electron chi connectivity index (χ0n) is 14.1. The molecule has 10 heteroatoms. The second kappa shape index (κ2) is 7.48. The average Bonchev–Trinajstić information content (AvgIpc) is 3.09. The van der Waals surface area contributed by atoms with Gasteiger partial charge in [0.2, 0.25) is 11.0 Å². The van der Waals surface area contributed by atoms with Gasteiger partial charge in [-0.1, -0.05) is 34.5 Å². The van der Waals surface area contributed by atoms with E-state index in [2.05, 4.69) is 15.2 Å². The molecular weight excluding hydrogens is 409 g/mol. The van der Waals surface area contributed by atoms with Gasteiger partial charge < -0.3 is 5.11 Å². The van der Waals surface area contributed by atoms with E-state index in [4.69, 9.17) is 28.5 Å². The van der Waals surface area contributed by atoms with Gasteiger partial charge in [-0.05, 0) is 30.7 Å². The third kappa shape index (κ3) is 3.57. The lowest BCUT2D eigenvalue weighted by Gasteiger charge is -2.09. The maximum atomic E-state index is 12.0. The molecule has 2 aromatic heterocycles. The number of benzene rings is 1. The van der Waals surface area contributed by atoms with E-state index < -0.39 is 5.56 Å². The highest BCUT2D eigenvalue weighted by molar-refractivity contribution is 7.18. The van der Waals surface area contributed by atoms with Crippen LogP contribution in [0.3, 0.4) is 0 Å². The molecule has 0 amide bonds. The van der Waals surface area contributed by atoms with Gasteiger partial charge in [-0.15, -0.1) is 10.2 Å². The van der Waals surface area contributed by atoms with Crippen LogP contribution >= 0.6 is 34.5 Å². The Morgan fingerprint density at radius 2 is 2.11 bits per heavy atom. The van der Waals surface area contributed by atoms with Crippen LogP contribution in [0.1, 0.15) is 16.7 Å². The Morgan fingerprint density at radius 3 is 2.78 bits per heavy atom. The van der Waals surface area contributed by atoms with Gasteiger partial charge in [-0.3, -0.25) is 9.36 Å². The van der Waals surface area contributed by atoms with Crippen molar-refractivity contribution >= 4 is 45.9 Å². The smallest absolute Gasteiger partial charge is 0.271 e. The molecule has 0 saturated heterocycles. The van der Waals surface area contributed by atoms with E-state index in [1.807, 2.05) is 6.07 Å². The Bertz CT molecular complexity index is 1180. The van der Waals surface area contributed by atoms with Crippen molar-refractivity contribution in [1.82, 2.24) is 14.8 Å². The molecule has 7 nitrogen and oxygen atoms in total. The second-order valence-corrected chi connectivity index (χ2v) is 7.29. The fourth-order valence-corrected chi connectivity index (χ4v) is 3.64. The summed E-state index contributed by atoms with van der Waals surface area (Å²) in [7, 11) is 1.38. The van der Waals surface area contributed by atoms with Crippen molar-refractivity contribution in [2.75, 3.05) is 0 Å². The Labute approximate surface area is 167 Å². The molecule has 0 fully saturated rings. The van der Waals surface area contributed by atoms with Crippen molar-refractivity contribution in [1.29, 1.82) is 5.26 Å². The summed E-state index contributed by atoms with van der Waals surface area (Å²) >= 11 is 13.3. The van der Waals surface area contributed by atoms with Crippen LogP contribution in [0.15, 0.2) is 28.0 Å². The average molecular weight is 420 g/mol. The van der Waals surface area contributed by atoms with E-state index in [1.54, 1.807) is 25.1 Å². The SMILES string of the molecule is Cc1c(/C=N/c2nnc(-c3ccc(Cl)cc3Cl)s2)c(O)n(C)c(=O)c1C#N. The number of nitriles is 1. The van der Waals surface area contributed by atoms with E-state index >= 15 is 0 Å². The molecule has 0 bridgehead atoms. The minimum Gasteiger partial charge on any atom is -0.494 e. The Balaban J connectivity index is 1.99. The van der Waals surface area contributed by atoms with Crippen molar-refractivity contribution in [2.24, 2.45) is 12.0 Å². The summed E-state index contributed by atoms with van der Waals surface area (Å²) in [6.07, 6.45) is 1.35. The van der Waals surface area contributed by atoms with E-state index in [-0.39, 0.29) is 17.0 Å². The monoisotopic (exact) mass is 419 g/mol. The van der Waals surface area contributed by atoms with E-state index in [1.165, 1.54) is 24.6 Å². The Morgan fingerprint density at radius 1 is 1.37 bits per heavy atom. The molecule has 0 aliphatic heterocycles. The summed E-state index contributed by atoms with van der Waals surface area (Å²) in [6.45, 7) is 1.57. The second-order valence-electron chi connectivity index (χ2n) is 5.49. The summed E-state index contributed by atoms with van der Waals surface area (Å²) in [5.41, 5.74) is 0.651. The van der Waals surface area contributed by atoms with Crippen LogP contribution in [0.5, 0.6) is 5.88 Å². The zero-order chi connectivity index (χ0) is 19.7. The maximum Gasteiger partial charge on any atom is 0.271 e. The van der Waals surface area contributed by atoms with Gasteiger partial charge in [-0.2, -0.15) is 5.26 Å². The van der Waals surface area contributed by atoms with Crippen molar-refractivity contribution in [2.45, 2.75) is 6.92 Å². The molecule has 27 heavy (non-hydrogen) atoms. The molecule has 1 aromatic carbocycles. The van der Waals surface area contributed by atoms with E-state index in [9.17, 15) is 9.90 Å². The van der Waals surface area contributed by atoms with Crippen molar-refractivity contribution < 1.29 is 5.11 Å². The lowest BCUT2D eigenvalue weighted by Crippen LogP contribution is -2.22.